The number of nitrogens with one attached hydrogen (secondary N) is 1. The monoisotopic (exact) mass is 282 g/mol. The van der Waals surface area contributed by atoms with Crippen LogP contribution in [0.5, 0.6) is 0 Å². The normalized spacial score (nSPS) is 27.6. The highest BCUT2D eigenvalue weighted by molar-refractivity contribution is 7.89. The van der Waals surface area contributed by atoms with Gasteiger partial charge in [-0.05, 0) is 42.4 Å². The molecule has 0 aliphatic heterocycles. The van der Waals surface area contributed by atoms with Gasteiger partial charge in [-0.2, -0.15) is 0 Å². The Kier molecular flexibility index (Phi) is 4.28. The highest BCUT2D eigenvalue weighted by Crippen LogP contribution is 2.32. The SMILES string of the molecule is CC1CCC(NS(=O)(=O)c2cccc(CN)c2)C1C. The maximum absolute atomic E-state index is 12.4. The molecule has 1 aliphatic rings. The molecule has 0 heterocycles. The van der Waals surface area contributed by atoms with Gasteiger partial charge in [-0.25, -0.2) is 13.1 Å². The lowest BCUT2D eigenvalue weighted by Gasteiger charge is -2.19. The van der Waals surface area contributed by atoms with Crippen molar-refractivity contribution in [1.82, 2.24) is 4.72 Å². The highest BCUT2D eigenvalue weighted by atomic mass is 32.2. The summed E-state index contributed by atoms with van der Waals surface area (Å²) in [7, 11) is -3.44. The average Bonchev–Trinajstić information content (AvgIpc) is 2.70. The van der Waals surface area contributed by atoms with Crippen molar-refractivity contribution in [1.29, 1.82) is 0 Å². The number of hydrogen-bond donors (Lipinski definition) is 2. The van der Waals surface area contributed by atoms with Crippen molar-refractivity contribution in [3.63, 3.8) is 0 Å². The Morgan fingerprint density at radius 2 is 2.05 bits per heavy atom. The molecular formula is C14H22N2O2S. The van der Waals surface area contributed by atoms with E-state index in [0.717, 1.165) is 18.4 Å². The molecule has 2 rings (SSSR count). The molecule has 3 unspecified atom stereocenters. The lowest BCUT2D eigenvalue weighted by atomic mass is 9.98. The zero-order valence-corrected chi connectivity index (χ0v) is 12.3. The smallest absolute Gasteiger partial charge is 0.240 e. The molecule has 0 aromatic heterocycles. The summed E-state index contributed by atoms with van der Waals surface area (Å²) >= 11 is 0. The molecule has 0 radical (unpaired) electrons. The summed E-state index contributed by atoms with van der Waals surface area (Å²) in [6.07, 6.45) is 2.00. The third-order valence-corrected chi connectivity index (χ3v) is 5.70. The van der Waals surface area contributed by atoms with Crippen molar-refractivity contribution in [2.24, 2.45) is 17.6 Å². The van der Waals surface area contributed by atoms with Crippen LogP contribution in [-0.2, 0) is 16.6 Å². The van der Waals surface area contributed by atoms with Gasteiger partial charge in [-0.1, -0.05) is 26.0 Å². The van der Waals surface area contributed by atoms with Gasteiger partial charge in [0.1, 0.15) is 0 Å². The quantitative estimate of drug-likeness (QED) is 0.885. The van der Waals surface area contributed by atoms with Gasteiger partial charge < -0.3 is 5.73 Å². The van der Waals surface area contributed by atoms with E-state index < -0.39 is 10.0 Å². The van der Waals surface area contributed by atoms with Gasteiger partial charge >= 0.3 is 0 Å². The summed E-state index contributed by atoms with van der Waals surface area (Å²) in [5.41, 5.74) is 6.38. The van der Waals surface area contributed by atoms with Crippen LogP contribution in [0.3, 0.4) is 0 Å². The standard InChI is InChI=1S/C14H22N2O2S/c1-10-6-7-14(11(10)2)16-19(17,18)13-5-3-4-12(8-13)9-15/h3-5,8,10-11,14,16H,6-7,9,15H2,1-2H3. The molecule has 0 spiro atoms. The van der Waals surface area contributed by atoms with Crippen molar-refractivity contribution in [3.8, 4) is 0 Å². The van der Waals surface area contributed by atoms with Gasteiger partial charge in [-0.15, -0.1) is 0 Å². The second-order valence-electron chi connectivity index (χ2n) is 5.49. The van der Waals surface area contributed by atoms with E-state index in [1.807, 2.05) is 6.07 Å². The van der Waals surface area contributed by atoms with Gasteiger partial charge in [0.2, 0.25) is 10.0 Å². The summed E-state index contributed by atoms with van der Waals surface area (Å²) in [4.78, 5) is 0.308. The molecule has 19 heavy (non-hydrogen) atoms. The molecule has 1 aromatic carbocycles. The number of sulfonamides is 1. The molecule has 5 heteroatoms. The van der Waals surface area contributed by atoms with Gasteiger partial charge in [0, 0.05) is 12.6 Å². The van der Waals surface area contributed by atoms with Crippen LogP contribution < -0.4 is 10.5 Å². The molecular weight excluding hydrogens is 260 g/mol. The summed E-state index contributed by atoms with van der Waals surface area (Å²) in [5.74, 6) is 0.954. The first-order valence-electron chi connectivity index (χ1n) is 6.75. The van der Waals surface area contributed by atoms with Crippen LogP contribution in [0, 0.1) is 11.8 Å². The number of benzene rings is 1. The van der Waals surface area contributed by atoms with E-state index in [9.17, 15) is 8.42 Å². The zero-order chi connectivity index (χ0) is 14.0. The Morgan fingerprint density at radius 1 is 1.32 bits per heavy atom. The fourth-order valence-electron chi connectivity index (χ4n) is 2.64. The van der Waals surface area contributed by atoms with Crippen molar-refractivity contribution in [3.05, 3.63) is 29.8 Å². The Bertz CT molecular complexity index is 542. The Labute approximate surface area is 115 Å². The largest absolute Gasteiger partial charge is 0.326 e. The molecule has 1 saturated carbocycles. The van der Waals surface area contributed by atoms with Crippen molar-refractivity contribution >= 4 is 10.0 Å². The second-order valence-corrected chi connectivity index (χ2v) is 7.21. The van der Waals surface area contributed by atoms with E-state index in [0.29, 0.717) is 23.3 Å². The predicted octanol–water partition coefficient (Wildman–Crippen LogP) is 1.86. The number of nitrogens with two attached hydrogens (primary N) is 1. The van der Waals surface area contributed by atoms with Gasteiger partial charge in [-0.3, -0.25) is 0 Å². The summed E-state index contributed by atoms with van der Waals surface area (Å²) in [6.45, 7) is 4.63. The average molecular weight is 282 g/mol. The first-order valence-corrected chi connectivity index (χ1v) is 8.23. The first-order chi connectivity index (χ1) is 8.94. The van der Waals surface area contributed by atoms with Crippen LogP contribution >= 0.6 is 0 Å². The second kappa shape index (κ2) is 5.61. The number of rotatable bonds is 4. The maximum atomic E-state index is 12.4. The zero-order valence-electron chi connectivity index (χ0n) is 11.5. The molecule has 1 aliphatic carbocycles. The topological polar surface area (TPSA) is 72.2 Å². The minimum absolute atomic E-state index is 0.0431. The van der Waals surface area contributed by atoms with Crippen LogP contribution in [0.15, 0.2) is 29.2 Å². The van der Waals surface area contributed by atoms with Crippen molar-refractivity contribution in [2.45, 2.75) is 44.2 Å². The minimum atomic E-state index is -3.44. The molecule has 1 aromatic rings. The summed E-state index contributed by atoms with van der Waals surface area (Å²) in [5, 5.41) is 0. The first kappa shape index (κ1) is 14.5. The Balaban J connectivity index is 2.18. The molecule has 4 nitrogen and oxygen atoms in total. The van der Waals surface area contributed by atoms with Crippen LogP contribution in [0.25, 0.3) is 0 Å². The Morgan fingerprint density at radius 3 is 2.63 bits per heavy atom. The molecule has 3 N–H and O–H groups in total. The van der Waals surface area contributed by atoms with E-state index in [1.165, 1.54) is 0 Å². The molecule has 0 saturated heterocycles. The molecule has 1 fully saturated rings. The van der Waals surface area contributed by atoms with E-state index in [1.54, 1.807) is 18.2 Å². The van der Waals surface area contributed by atoms with Gasteiger partial charge in [0.25, 0.3) is 0 Å². The predicted molar refractivity (Wildman–Crippen MR) is 76.0 cm³/mol. The van der Waals surface area contributed by atoms with Crippen LogP contribution in [0.1, 0.15) is 32.3 Å². The van der Waals surface area contributed by atoms with E-state index in [2.05, 4.69) is 18.6 Å². The molecule has 0 amide bonds. The maximum Gasteiger partial charge on any atom is 0.240 e. The fourth-order valence-corrected chi connectivity index (χ4v) is 4.07. The van der Waals surface area contributed by atoms with Crippen LogP contribution in [0.4, 0.5) is 0 Å². The van der Waals surface area contributed by atoms with Crippen LogP contribution in [-0.4, -0.2) is 14.5 Å². The Hall–Kier alpha value is -0.910. The third-order valence-electron chi connectivity index (χ3n) is 4.22. The lowest BCUT2D eigenvalue weighted by molar-refractivity contribution is 0.402. The van der Waals surface area contributed by atoms with Crippen molar-refractivity contribution < 1.29 is 8.42 Å². The third kappa shape index (κ3) is 3.16. The highest BCUT2D eigenvalue weighted by Gasteiger charge is 2.32. The van der Waals surface area contributed by atoms with Crippen molar-refractivity contribution in [2.75, 3.05) is 0 Å². The minimum Gasteiger partial charge on any atom is -0.326 e. The number of hydrogen-bond acceptors (Lipinski definition) is 3. The van der Waals surface area contributed by atoms with Crippen LogP contribution in [0.2, 0.25) is 0 Å². The molecule has 106 valence electrons. The summed E-state index contributed by atoms with van der Waals surface area (Å²) in [6, 6.07) is 6.87. The van der Waals surface area contributed by atoms with E-state index >= 15 is 0 Å². The van der Waals surface area contributed by atoms with Gasteiger partial charge in [0.15, 0.2) is 0 Å². The lowest BCUT2D eigenvalue weighted by Crippen LogP contribution is -2.37. The van der Waals surface area contributed by atoms with E-state index in [-0.39, 0.29) is 6.04 Å². The van der Waals surface area contributed by atoms with E-state index in [4.69, 9.17) is 5.73 Å². The summed E-state index contributed by atoms with van der Waals surface area (Å²) < 4.78 is 27.5. The molecule has 3 atom stereocenters. The molecule has 0 bridgehead atoms. The van der Waals surface area contributed by atoms with Gasteiger partial charge in [0.05, 0.1) is 4.90 Å². The fraction of sp³-hybridized carbons (Fsp3) is 0.571.